The van der Waals surface area contributed by atoms with Crippen molar-refractivity contribution in [3.05, 3.63) is 54.6 Å². The second-order valence-corrected chi connectivity index (χ2v) is 35.4. The molecule has 380 valence electrons. The first kappa shape index (κ1) is 58.9. The zero-order valence-electron chi connectivity index (χ0n) is 43.7. The van der Waals surface area contributed by atoms with Gasteiger partial charge in [0, 0.05) is 36.5 Å². The van der Waals surface area contributed by atoms with E-state index in [2.05, 4.69) is 93.0 Å². The molecular formula is C51H90O11S2Si2. The number of carbonyl (C=O) groups is 1. The summed E-state index contributed by atoms with van der Waals surface area (Å²) in [5, 5.41) is 12.0. The molecule has 0 aromatic heterocycles. The average molecular weight is 1000 g/mol. The molecular weight excluding hydrogens is 909 g/mol. The lowest BCUT2D eigenvalue weighted by molar-refractivity contribution is -0.153. The summed E-state index contributed by atoms with van der Waals surface area (Å²) in [5.74, 6) is 0.166. The smallest absolute Gasteiger partial charge is 0.311 e. The number of methoxy groups -OCH3 is 1. The summed E-state index contributed by atoms with van der Waals surface area (Å²) in [5.41, 5.74) is 1.01. The molecule has 2 saturated heterocycles. The first-order chi connectivity index (χ1) is 30.2. The van der Waals surface area contributed by atoms with Crippen molar-refractivity contribution in [3.63, 3.8) is 0 Å². The van der Waals surface area contributed by atoms with Crippen LogP contribution in [0.25, 0.3) is 0 Å². The third-order valence-electron chi connectivity index (χ3n) is 14.3. The number of carbonyl (C=O) groups excluding carboxylic acids is 1. The highest BCUT2D eigenvalue weighted by atomic mass is 32.2. The van der Waals surface area contributed by atoms with E-state index in [-0.39, 0.29) is 64.5 Å². The minimum Gasteiger partial charge on any atom is -0.465 e. The van der Waals surface area contributed by atoms with Crippen LogP contribution in [0.3, 0.4) is 0 Å². The van der Waals surface area contributed by atoms with Crippen molar-refractivity contribution in [1.29, 1.82) is 0 Å². The number of hydrogen-bond acceptors (Lipinski definition) is 12. The van der Waals surface area contributed by atoms with Crippen molar-refractivity contribution in [2.45, 2.75) is 211 Å². The quantitative estimate of drug-likeness (QED) is 0.0236. The molecule has 15 heteroatoms. The largest absolute Gasteiger partial charge is 0.465 e. The normalized spacial score (nSPS) is 24.3. The first-order valence-corrected chi connectivity index (χ1v) is 32.8. The van der Waals surface area contributed by atoms with Crippen molar-refractivity contribution in [2.75, 3.05) is 32.3 Å². The minimum absolute atomic E-state index is 0.00267. The standard InChI is InChI=1S/C51H90O11S2Si2/c1-35(29-39(61-64(14,54)55)26-27-44-36(2)30-38(59-44)23-22-28-57-48(53)49(4,5)6)37(3)43(52)32-45-42(34-63-41-24-20-19-21-25-41)47(56-13)46(60-45)31-40(62-66(17,18)51(10,11)12)33-58-65(15,16)50(7,8)9/h19-21,24-25,35,38-40,42-47,52H,2-3,22-23,26-34H2,1,4-18H3/t35-,38+,39-,40+,42+,43-,44+,45+,46-,47-/m1/s1. The Balaban J connectivity index is 1.76. The van der Waals surface area contributed by atoms with Gasteiger partial charge in [-0.1, -0.05) is 79.8 Å². The predicted molar refractivity (Wildman–Crippen MR) is 275 cm³/mol. The summed E-state index contributed by atoms with van der Waals surface area (Å²) in [4.78, 5) is 13.3. The highest BCUT2D eigenvalue weighted by Crippen LogP contribution is 2.43. The van der Waals surface area contributed by atoms with Crippen LogP contribution in [0.5, 0.6) is 0 Å². The number of esters is 1. The molecule has 0 spiro atoms. The van der Waals surface area contributed by atoms with Gasteiger partial charge in [-0.25, -0.2) is 0 Å². The Bertz CT molecular complexity index is 1800. The summed E-state index contributed by atoms with van der Waals surface area (Å²) in [6, 6.07) is 10.3. The number of ether oxygens (including phenoxy) is 4. The Labute approximate surface area is 407 Å². The van der Waals surface area contributed by atoms with E-state index in [0.717, 1.165) is 28.9 Å². The lowest BCUT2D eigenvalue weighted by Crippen LogP contribution is -2.49. The summed E-state index contributed by atoms with van der Waals surface area (Å²) >= 11 is 1.75. The van der Waals surface area contributed by atoms with Crippen LogP contribution in [0, 0.1) is 17.3 Å². The molecule has 0 aliphatic carbocycles. The van der Waals surface area contributed by atoms with Crippen molar-refractivity contribution in [1.82, 2.24) is 0 Å². The predicted octanol–water partition coefficient (Wildman–Crippen LogP) is 11.5. The van der Waals surface area contributed by atoms with Gasteiger partial charge in [-0.3, -0.25) is 8.98 Å². The number of aliphatic hydroxyl groups excluding tert-OH is 1. The average Bonchev–Trinajstić information content (AvgIpc) is 3.71. The van der Waals surface area contributed by atoms with Gasteiger partial charge < -0.3 is 32.9 Å². The van der Waals surface area contributed by atoms with Crippen molar-refractivity contribution < 1.29 is 50.3 Å². The van der Waals surface area contributed by atoms with E-state index in [4.69, 9.17) is 32.0 Å². The van der Waals surface area contributed by atoms with Gasteiger partial charge >= 0.3 is 5.97 Å². The van der Waals surface area contributed by atoms with Gasteiger partial charge in [0.25, 0.3) is 10.1 Å². The molecule has 1 aromatic rings. The summed E-state index contributed by atoms with van der Waals surface area (Å²) in [6.45, 7) is 39.5. The Kier molecular flexibility index (Phi) is 22.0. The zero-order valence-corrected chi connectivity index (χ0v) is 47.3. The molecule has 1 aromatic carbocycles. The van der Waals surface area contributed by atoms with Crippen molar-refractivity contribution in [3.8, 4) is 0 Å². The number of hydrogen-bond donors (Lipinski definition) is 1. The summed E-state index contributed by atoms with van der Waals surface area (Å²) in [7, 11) is -6.35. The SMILES string of the molecule is C=C([C@H](C)C[C@@H](CC[C@@H]1O[C@@H](CCCOC(=O)C(C)(C)C)CC1=C)OS(C)(=O)=O)[C@H](O)C[C@@H]1O[C@H](C[C@@H](CO[Si](C)(C)C(C)(C)C)O[Si](C)(C)C(C)(C)C)[C@H](OC)[C@H]1CSc1ccccc1. The maximum absolute atomic E-state index is 12.5. The van der Waals surface area contributed by atoms with Crippen LogP contribution in [0.15, 0.2) is 59.5 Å². The van der Waals surface area contributed by atoms with Gasteiger partial charge in [0.15, 0.2) is 16.6 Å². The molecule has 0 unspecified atom stereocenters. The van der Waals surface area contributed by atoms with E-state index in [9.17, 15) is 18.3 Å². The van der Waals surface area contributed by atoms with Gasteiger partial charge in [0.1, 0.15) is 0 Å². The molecule has 0 saturated carbocycles. The molecule has 2 aliphatic rings. The van der Waals surface area contributed by atoms with E-state index in [1.165, 1.54) is 0 Å². The fourth-order valence-corrected chi connectivity index (χ4v) is 12.2. The van der Waals surface area contributed by atoms with Gasteiger partial charge in [-0.15, -0.1) is 11.8 Å². The molecule has 3 rings (SSSR count). The fourth-order valence-electron chi connectivity index (χ4n) is 8.04. The van der Waals surface area contributed by atoms with Crippen LogP contribution in [0.1, 0.15) is 121 Å². The van der Waals surface area contributed by atoms with Gasteiger partial charge in [-0.2, -0.15) is 8.42 Å². The lowest BCUT2D eigenvalue weighted by Gasteiger charge is -2.42. The second-order valence-electron chi connectivity index (χ2n) is 23.1. The molecule has 11 nitrogen and oxygen atoms in total. The summed E-state index contributed by atoms with van der Waals surface area (Å²) < 4.78 is 69.8. The number of rotatable bonds is 26. The molecule has 0 bridgehead atoms. The molecule has 1 N–H and O–H groups in total. The Morgan fingerprint density at radius 3 is 2.11 bits per heavy atom. The van der Waals surface area contributed by atoms with E-state index in [1.54, 1.807) is 18.9 Å². The Morgan fingerprint density at radius 1 is 0.924 bits per heavy atom. The van der Waals surface area contributed by atoms with Crippen LogP contribution in [-0.4, -0.2) is 117 Å². The summed E-state index contributed by atoms with van der Waals surface area (Å²) in [6.07, 6.45) is 2.37. The van der Waals surface area contributed by atoms with Crippen LogP contribution in [0.2, 0.25) is 36.3 Å². The minimum atomic E-state index is -3.79. The highest BCUT2D eigenvalue weighted by Gasteiger charge is 2.48. The van der Waals surface area contributed by atoms with E-state index >= 15 is 0 Å². The Morgan fingerprint density at radius 2 is 1.55 bits per heavy atom. The Hall–Kier alpha value is -1.38. The van der Waals surface area contributed by atoms with Gasteiger partial charge in [-0.05, 0) is 125 Å². The molecule has 2 heterocycles. The van der Waals surface area contributed by atoms with Crippen molar-refractivity contribution >= 4 is 44.5 Å². The number of aliphatic hydroxyl groups is 1. The fraction of sp³-hybridized carbons (Fsp3) is 0.784. The van der Waals surface area contributed by atoms with E-state index < -0.39 is 44.4 Å². The number of thioether (sulfide) groups is 1. The first-order valence-electron chi connectivity index (χ1n) is 24.2. The highest BCUT2D eigenvalue weighted by molar-refractivity contribution is 7.99. The van der Waals surface area contributed by atoms with Crippen LogP contribution in [0.4, 0.5) is 0 Å². The van der Waals surface area contributed by atoms with E-state index in [0.29, 0.717) is 63.7 Å². The maximum atomic E-state index is 12.5. The molecule has 2 fully saturated rings. The molecule has 10 atom stereocenters. The topological polar surface area (TPSA) is 136 Å². The number of benzene rings is 1. The van der Waals surface area contributed by atoms with Gasteiger partial charge in [0.05, 0.1) is 73.7 Å². The monoisotopic (exact) mass is 999 g/mol. The molecule has 66 heavy (non-hydrogen) atoms. The van der Waals surface area contributed by atoms with Crippen molar-refractivity contribution in [2.24, 2.45) is 17.3 Å². The third-order valence-corrected chi connectivity index (χ3v) is 25.1. The molecule has 0 amide bonds. The second kappa shape index (κ2) is 24.6. The zero-order chi connectivity index (χ0) is 50.1. The maximum Gasteiger partial charge on any atom is 0.311 e. The van der Waals surface area contributed by atoms with E-state index in [1.807, 2.05) is 45.9 Å². The third kappa shape index (κ3) is 18.4. The lowest BCUT2D eigenvalue weighted by atomic mass is 9.86. The molecule has 2 aliphatic heterocycles. The van der Waals surface area contributed by atoms with Crippen LogP contribution < -0.4 is 0 Å². The van der Waals surface area contributed by atoms with Crippen LogP contribution >= 0.6 is 11.8 Å². The van der Waals surface area contributed by atoms with Crippen LogP contribution in [-0.2, 0) is 46.9 Å². The van der Waals surface area contributed by atoms with Gasteiger partial charge in [0.2, 0.25) is 0 Å². The molecule has 0 radical (unpaired) electrons.